The van der Waals surface area contributed by atoms with Crippen LogP contribution in [0.3, 0.4) is 0 Å². The molecule has 0 atom stereocenters. The third-order valence-corrected chi connectivity index (χ3v) is 4.70. The number of rotatable bonds is 4. The zero-order valence-electron chi connectivity index (χ0n) is 13.2. The summed E-state index contributed by atoms with van der Waals surface area (Å²) >= 11 is 12.0. The van der Waals surface area contributed by atoms with Crippen molar-refractivity contribution in [3.63, 3.8) is 0 Å². The Morgan fingerprint density at radius 2 is 1.88 bits per heavy atom. The lowest BCUT2D eigenvalue weighted by atomic mass is 9.95. The minimum atomic E-state index is -0.300. The van der Waals surface area contributed by atoms with Crippen molar-refractivity contribution in [1.82, 2.24) is 4.98 Å². The molecule has 1 amide bonds. The third kappa shape index (κ3) is 4.40. The van der Waals surface area contributed by atoms with Crippen LogP contribution in [0.1, 0.15) is 42.6 Å². The monoisotopic (exact) mass is 363 g/mol. The lowest BCUT2D eigenvalue weighted by Gasteiger charge is -2.23. The van der Waals surface area contributed by atoms with E-state index in [1.54, 1.807) is 30.5 Å². The zero-order chi connectivity index (χ0) is 16.9. The van der Waals surface area contributed by atoms with Gasteiger partial charge in [0.2, 0.25) is 0 Å². The summed E-state index contributed by atoms with van der Waals surface area (Å²) in [5, 5.41) is 7.18. The van der Waals surface area contributed by atoms with Crippen LogP contribution in [-0.2, 0) is 0 Å². The quantitative estimate of drug-likeness (QED) is 0.765. The fourth-order valence-corrected chi connectivity index (χ4v) is 3.36. The highest BCUT2D eigenvalue weighted by molar-refractivity contribution is 6.36. The van der Waals surface area contributed by atoms with Crippen molar-refractivity contribution in [2.24, 2.45) is 0 Å². The van der Waals surface area contributed by atoms with Gasteiger partial charge >= 0.3 is 0 Å². The second-order valence-corrected chi connectivity index (χ2v) is 6.83. The van der Waals surface area contributed by atoms with E-state index in [-0.39, 0.29) is 5.91 Å². The van der Waals surface area contributed by atoms with Gasteiger partial charge in [-0.3, -0.25) is 9.78 Å². The number of nitrogens with one attached hydrogen (secondary N) is 2. The molecular formula is C18H19Cl2N3O. The standard InChI is InChI=1S/C18H19Cl2N3O/c19-12-6-7-16(15(20)10-12)23-18(24)17-11-14(8-9-21-17)22-13-4-2-1-3-5-13/h6-11,13H,1-5H2,(H,21,22)(H,23,24). The van der Waals surface area contributed by atoms with E-state index in [0.717, 1.165) is 5.69 Å². The summed E-state index contributed by atoms with van der Waals surface area (Å²) in [5.41, 5.74) is 1.78. The minimum absolute atomic E-state index is 0.300. The van der Waals surface area contributed by atoms with Crippen LogP contribution in [0.25, 0.3) is 0 Å². The number of nitrogens with zero attached hydrogens (tertiary/aromatic N) is 1. The van der Waals surface area contributed by atoms with Gasteiger partial charge in [-0.15, -0.1) is 0 Å². The van der Waals surface area contributed by atoms with Crippen LogP contribution in [0.2, 0.25) is 10.0 Å². The molecule has 1 aliphatic carbocycles. The fraction of sp³-hybridized carbons (Fsp3) is 0.333. The number of aromatic nitrogens is 1. The van der Waals surface area contributed by atoms with Crippen molar-refractivity contribution in [3.8, 4) is 0 Å². The number of benzene rings is 1. The van der Waals surface area contributed by atoms with Gasteiger partial charge in [-0.25, -0.2) is 0 Å². The summed E-state index contributed by atoms with van der Waals surface area (Å²) in [6.45, 7) is 0. The van der Waals surface area contributed by atoms with Crippen LogP contribution in [0.15, 0.2) is 36.5 Å². The van der Waals surface area contributed by atoms with Crippen LogP contribution in [0, 0.1) is 0 Å². The third-order valence-electron chi connectivity index (χ3n) is 4.15. The number of anilines is 2. The molecule has 4 nitrogen and oxygen atoms in total. The molecule has 2 N–H and O–H groups in total. The number of hydrogen-bond donors (Lipinski definition) is 2. The molecule has 0 saturated heterocycles. The highest BCUT2D eigenvalue weighted by Crippen LogP contribution is 2.26. The van der Waals surface area contributed by atoms with Crippen LogP contribution < -0.4 is 10.6 Å². The molecule has 126 valence electrons. The molecule has 0 aliphatic heterocycles. The Labute approximate surface area is 151 Å². The number of amides is 1. The maximum Gasteiger partial charge on any atom is 0.274 e. The maximum atomic E-state index is 12.4. The second kappa shape index (κ2) is 7.86. The van der Waals surface area contributed by atoms with Crippen molar-refractivity contribution >= 4 is 40.5 Å². The van der Waals surface area contributed by atoms with Crippen LogP contribution >= 0.6 is 23.2 Å². The summed E-state index contributed by atoms with van der Waals surface area (Å²) in [4.78, 5) is 16.6. The lowest BCUT2D eigenvalue weighted by Crippen LogP contribution is -2.22. The van der Waals surface area contributed by atoms with E-state index in [1.165, 1.54) is 32.1 Å². The SMILES string of the molecule is O=C(Nc1ccc(Cl)cc1Cl)c1cc(NC2CCCCC2)ccn1. The van der Waals surface area contributed by atoms with E-state index in [4.69, 9.17) is 23.2 Å². The average Bonchev–Trinajstić information content (AvgIpc) is 2.58. The number of carbonyl (C=O) groups is 1. The predicted molar refractivity (Wildman–Crippen MR) is 99.1 cm³/mol. The smallest absolute Gasteiger partial charge is 0.274 e. The Kier molecular flexibility index (Phi) is 5.59. The topological polar surface area (TPSA) is 54.0 Å². The first-order chi connectivity index (χ1) is 11.6. The molecule has 2 aromatic rings. The highest BCUT2D eigenvalue weighted by Gasteiger charge is 2.15. The Hall–Kier alpha value is -1.78. The van der Waals surface area contributed by atoms with Crippen molar-refractivity contribution in [2.45, 2.75) is 38.1 Å². The fourth-order valence-electron chi connectivity index (χ4n) is 2.90. The lowest BCUT2D eigenvalue weighted by molar-refractivity contribution is 0.102. The number of hydrogen-bond acceptors (Lipinski definition) is 3. The van der Waals surface area contributed by atoms with Crippen molar-refractivity contribution in [3.05, 3.63) is 52.3 Å². The van der Waals surface area contributed by atoms with Crippen molar-refractivity contribution < 1.29 is 4.79 Å². The normalized spacial score (nSPS) is 15.1. The summed E-state index contributed by atoms with van der Waals surface area (Å²) in [6, 6.07) is 9.08. The van der Waals surface area contributed by atoms with Gasteiger partial charge in [-0.05, 0) is 43.2 Å². The summed E-state index contributed by atoms with van der Waals surface area (Å²) in [7, 11) is 0. The van der Waals surface area contributed by atoms with Gasteiger partial charge < -0.3 is 10.6 Å². The van der Waals surface area contributed by atoms with Gasteiger partial charge in [-0.1, -0.05) is 42.5 Å². The van der Waals surface area contributed by atoms with E-state index in [9.17, 15) is 4.79 Å². The van der Waals surface area contributed by atoms with Crippen molar-refractivity contribution in [1.29, 1.82) is 0 Å². The number of pyridine rings is 1. The zero-order valence-corrected chi connectivity index (χ0v) is 14.7. The highest BCUT2D eigenvalue weighted by atomic mass is 35.5. The molecule has 0 unspecified atom stereocenters. The summed E-state index contributed by atoms with van der Waals surface area (Å²) < 4.78 is 0. The largest absolute Gasteiger partial charge is 0.382 e. The van der Waals surface area contributed by atoms with E-state index in [0.29, 0.717) is 27.5 Å². The molecular weight excluding hydrogens is 345 g/mol. The second-order valence-electron chi connectivity index (χ2n) is 5.99. The first-order valence-corrected chi connectivity index (χ1v) is 8.86. The van der Waals surface area contributed by atoms with Gasteiger partial charge in [0.25, 0.3) is 5.91 Å². The molecule has 1 fully saturated rings. The molecule has 24 heavy (non-hydrogen) atoms. The van der Waals surface area contributed by atoms with Gasteiger partial charge in [0, 0.05) is 22.9 Å². The van der Waals surface area contributed by atoms with Crippen LogP contribution in [0.5, 0.6) is 0 Å². The molecule has 1 aliphatic rings. The first kappa shape index (κ1) is 17.1. The van der Waals surface area contributed by atoms with E-state index < -0.39 is 0 Å². The van der Waals surface area contributed by atoms with E-state index >= 15 is 0 Å². The van der Waals surface area contributed by atoms with E-state index in [2.05, 4.69) is 15.6 Å². The van der Waals surface area contributed by atoms with Crippen LogP contribution in [0.4, 0.5) is 11.4 Å². The van der Waals surface area contributed by atoms with Crippen molar-refractivity contribution in [2.75, 3.05) is 10.6 Å². The first-order valence-electron chi connectivity index (χ1n) is 8.11. The van der Waals surface area contributed by atoms with Crippen LogP contribution in [-0.4, -0.2) is 16.9 Å². The Bertz CT molecular complexity index is 730. The average molecular weight is 364 g/mol. The number of carbonyl (C=O) groups excluding carboxylic acids is 1. The molecule has 1 aromatic heterocycles. The van der Waals surface area contributed by atoms with Gasteiger partial charge in [0.1, 0.15) is 5.69 Å². The Balaban J connectivity index is 1.69. The molecule has 3 rings (SSSR count). The number of halogens is 2. The Morgan fingerprint density at radius 1 is 1.08 bits per heavy atom. The summed E-state index contributed by atoms with van der Waals surface area (Å²) in [6.07, 6.45) is 7.80. The molecule has 1 heterocycles. The Morgan fingerprint density at radius 3 is 2.62 bits per heavy atom. The molecule has 6 heteroatoms. The maximum absolute atomic E-state index is 12.4. The minimum Gasteiger partial charge on any atom is -0.382 e. The van der Waals surface area contributed by atoms with Gasteiger partial charge in [0.15, 0.2) is 0 Å². The molecule has 0 spiro atoms. The molecule has 1 saturated carbocycles. The molecule has 0 bridgehead atoms. The van der Waals surface area contributed by atoms with Gasteiger partial charge in [0.05, 0.1) is 10.7 Å². The molecule has 0 radical (unpaired) electrons. The summed E-state index contributed by atoms with van der Waals surface area (Å²) in [5.74, 6) is -0.300. The van der Waals surface area contributed by atoms with Gasteiger partial charge in [-0.2, -0.15) is 0 Å². The molecule has 1 aromatic carbocycles. The predicted octanol–water partition coefficient (Wildman–Crippen LogP) is 5.39. The van der Waals surface area contributed by atoms with E-state index in [1.807, 2.05) is 6.07 Å².